The van der Waals surface area contributed by atoms with E-state index in [0.717, 1.165) is 17.8 Å². The molecule has 0 saturated carbocycles. The first-order valence-electron chi connectivity index (χ1n) is 8.88. The van der Waals surface area contributed by atoms with Crippen molar-refractivity contribution in [1.82, 2.24) is 0 Å². The van der Waals surface area contributed by atoms with Crippen LogP contribution in [0.1, 0.15) is 30.7 Å². The zero-order valence-corrected chi connectivity index (χ0v) is 14.7. The van der Waals surface area contributed by atoms with Crippen molar-refractivity contribution in [1.29, 1.82) is 5.26 Å². The van der Waals surface area contributed by atoms with Crippen LogP contribution in [0, 0.1) is 17.1 Å². The lowest BCUT2D eigenvalue weighted by Gasteiger charge is -2.39. The molecule has 4 rings (SSSR count). The summed E-state index contributed by atoms with van der Waals surface area (Å²) in [6.07, 6.45) is 1.89. The maximum atomic E-state index is 13.4. The molecule has 0 amide bonds. The lowest BCUT2D eigenvalue weighted by Crippen LogP contribution is -2.38. The minimum Gasteiger partial charge on any atom is -0.384 e. The number of hydrogen-bond donors (Lipinski definition) is 1. The predicted octanol–water partition coefficient (Wildman–Crippen LogP) is 4.13. The van der Waals surface area contributed by atoms with Gasteiger partial charge in [0.25, 0.3) is 0 Å². The average molecular weight is 359 g/mol. The van der Waals surface area contributed by atoms with Gasteiger partial charge in [-0.2, -0.15) is 5.26 Å². The number of allylic oxidation sites excluding steroid dienone is 3. The van der Waals surface area contributed by atoms with Gasteiger partial charge in [0.15, 0.2) is 5.78 Å². The van der Waals surface area contributed by atoms with E-state index in [1.54, 1.807) is 12.1 Å². The Kier molecular flexibility index (Phi) is 4.25. The smallest absolute Gasteiger partial charge is 0.161 e. The van der Waals surface area contributed by atoms with Crippen molar-refractivity contribution < 1.29 is 9.18 Å². The topological polar surface area (TPSA) is 70.1 Å². The van der Waals surface area contributed by atoms with Crippen LogP contribution in [0.5, 0.6) is 0 Å². The van der Waals surface area contributed by atoms with Gasteiger partial charge in [0.05, 0.1) is 17.6 Å². The first kappa shape index (κ1) is 17.0. The number of benzene rings is 2. The van der Waals surface area contributed by atoms with Crippen molar-refractivity contribution in [2.24, 2.45) is 5.73 Å². The van der Waals surface area contributed by atoms with E-state index in [1.807, 2.05) is 35.2 Å². The molecule has 1 aliphatic carbocycles. The fourth-order valence-electron chi connectivity index (χ4n) is 3.95. The molecule has 2 aromatic rings. The molecule has 0 fully saturated rings. The number of rotatable bonds is 2. The maximum Gasteiger partial charge on any atom is 0.161 e. The Hall–Kier alpha value is -3.39. The molecule has 27 heavy (non-hydrogen) atoms. The summed E-state index contributed by atoms with van der Waals surface area (Å²) >= 11 is 0. The van der Waals surface area contributed by atoms with E-state index in [9.17, 15) is 14.4 Å². The summed E-state index contributed by atoms with van der Waals surface area (Å²) in [6, 6.07) is 17.6. The normalized spacial score (nSPS) is 19.8. The molecule has 2 aliphatic rings. The summed E-state index contributed by atoms with van der Waals surface area (Å²) in [7, 11) is 0. The van der Waals surface area contributed by atoms with E-state index in [0.29, 0.717) is 35.4 Å². The van der Waals surface area contributed by atoms with Gasteiger partial charge >= 0.3 is 0 Å². The van der Waals surface area contributed by atoms with Crippen LogP contribution in [0.2, 0.25) is 0 Å². The van der Waals surface area contributed by atoms with Crippen molar-refractivity contribution >= 4 is 11.5 Å². The van der Waals surface area contributed by atoms with Crippen molar-refractivity contribution in [3.63, 3.8) is 0 Å². The third kappa shape index (κ3) is 2.80. The molecule has 5 heteroatoms. The van der Waals surface area contributed by atoms with Crippen molar-refractivity contribution in [3.8, 4) is 6.07 Å². The van der Waals surface area contributed by atoms with Crippen LogP contribution in [0.25, 0.3) is 0 Å². The van der Waals surface area contributed by atoms with Gasteiger partial charge in [-0.1, -0.05) is 30.3 Å². The summed E-state index contributed by atoms with van der Waals surface area (Å²) < 4.78 is 13.4. The number of nitrogens with two attached hydrogens (primary N) is 1. The van der Waals surface area contributed by atoms with E-state index in [2.05, 4.69) is 6.07 Å². The van der Waals surface area contributed by atoms with Gasteiger partial charge in [-0.15, -0.1) is 0 Å². The summed E-state index contributed by atoms with van der Waals surface area (Å²) in [4.78, 5) is 14.7. The van der Waals surface area contributed by atoms with Crippen LogP contribution in [-0.4, -0.2) is 5.78 Å². The quantitative estimate of drug-likeness (QED) is 0.875. The zero-order chi connectivity index (χ0) is 19.0. The zero-order valence-electron chi connectivity index (χ0n) is 14.7. The number of halogens is 1. The molecule has 0 aromatic heterocycles. The largest absolute Gasteiger partial charge is 0.384 e. The van der Waals surface area contributed by atoms with E-state index < -0.39 is 5.92 Å². The van der Waals surface area contributed by atoms with Crippen molar-refractivity contribution in [2.75, 3.05) is 4.90 Å². The van der Waals surface area contributed by atoms with Gasteiger partial charge in [0.2, 0.25) is 0 Å². The number of Topliss-reactive ketones (excluding diaryl/α,β-unsaturated/α-hetero) is 1. The monoisotopic (exact) mass is 359 g/mol. The molecule has 134 valence electrons. The number of para-hydroxylation sites is 1. The van der Waals surface area contributed by atoms with E-state index in [1.165, 1.54) is 12.1 Å². The molecule has 1 heterocycles. The molecule has 2 aromatic carbocycles. The number of carbonyl (C=O) groups is 1. The summed E-state index contributed by atoms with van der Waals surface area (Å²) in [5.41, 5.74) is 9.72. The fourth-order valence-corrected chi connectivity index (χ4v) is 3.95. The van der Waals surface area contributed by atoms with Crippen LogP contribution < -0.4 is 10.6 Å². The Morgan fingerprint density at radius 2 is 1.78 bits per heavy atom. The molecule has 1 unspecified atom stereocenters. The third-order valence-electron chi connectivity index (χ3n) is 5.13. The van der Waals surface area contributed by atoms with Gasteiger partial charge in [-0.25, -0.2) is 4.39 Å². The van der Waals surface area contributed by atoms with Gasteiger partial charge in [-0.05, 0) is 42.7 Å². The van der Waals surface area contributed by atoms with Gasteiger partial charge in [-0.3, -0.25) is 9.69 Å². The Labute approximate surface area is 157 Å². The van der Waals surface area contributed by atoms with E-state index >= 15 is 0 Å². The Morgan fingerprint density at radius 3 is 2.44 bits per heavy atom. The Bertz CT molecular complexity index is 1000. The lowest BCUT2D eigenvalue weighted by atomic mass is 9.75. The highest BCUT2D eigenvalue weighted by molar-refractivity contribution is 6.01. The molecule has 0 spiro atoms. The van der Waals surface area contributed by atoms with E-state index in [4.69, 9.17) is 5.73 Å². The molecule has 1 atom stereocenters. The van der Waals surface area contributed by atoms with Gasteiger partial charge in [0.1, 0.15) is 11.6 Å². The number of anilines is 1. The van der Waals surface area contributed by atoms with Crippen LogP contribution >= 0.6 is 0 Å². The molecular weight excluding hydrogens is 341 g/mol. The molecule has 1 aliphatic heterocycles. The molecule has 2 N–H and O–H groups in total. The Morgan fingerprint density at radius 1 is 1.07 bits per heavy atom. The second-order valence-corrected chi connectivity index (χ2v) is 6.70. The minimum absolute atomic E-state index is 0.0201. The number of hydrogen-bond acceptors (Lipinski definition) is 4. The molecule has 4 nitrogen and oxygen atoms in total. The molecule has 0 saturated heterocycles. The molecule has 0 bridgehead atoms. The summed E-state index contributed by atoms with van der Waals surface area (Å²) in [5.74, 6) is -0.573. The third-order valence-corrected chi connectivity index (χ3v) is 5.13. The highest BCUT2D eigenvalue weighted by Gasteiger charge is 2.40. The molecular formula is C22H18FN3O. The van der Waals surface area contributed by atoms with Crippen LogP contribution in [0.4, 0.5) is 10.1 Å². The van der Waals surface area contributed by atoms with Crippen LogP contribution in [0.15, 0.2) is 77.3 Å². The van der Waals surface area contributed by atoms with E-state index in [-0.39, 0.29) is 11.6 Å². The van der Waals surface area contributed by atoms with Crippen LogP contribution in [-0.2, 0) is 4.79 Å². The SMILES string of the molecule is N#CC1=C(N)N(c2ccccc2)C2=C(C(=O)CCC2)C1c1ccc(F)cc1. The van der Waals surface area contributed by atoms with Crippen molar-refractivity contribution in [2.45, 2.75) is 25.2 Å². The Balaban J connectivity index is 1.96. The summed E-state index contributed by atoms with van der Waals surface area (Å²) in [6.45, 7) is 0. The maximum absolute atomic E-state index is 13.4. The number of ketones is 1. The second kappa shape index (κ2) is 6.73. The number of carbonyl (C=O) groups excluding carboxylic acids is 1. The average Bonchev–Trinajstić information content (AvgIpc) is 2.69. The van der Waals surface area contributed by atoms with Crippen molar-refractivity contribution in [3.05, 3.63) is 88.6 Å². The first-order valence-corrected chi connectivity index (χ1v) is 8.88. The summed E-state index contributed by atoms with van der Waals surface area (Å²) in [5, 5.41) is 9.87. The van der Waals surface area contributed by atoms with Crippen LogP contribution in [0.3, 0.4) is 0 Å². The van der Waals surface area contributed by atoms with Gasteiger partial charge in [0, 0.05) is 23.4 Å². The first-order chi connectivity index (χ1) is 13.1. The fraction of sp³-hybridized carbons (Fsp3) is 0.182. The number of nitriles is 1. The molecule has 0 radical (unpaired) electrons. The predicted molar refractivity (Wildman–Crippen MR) is 101 cm³/mol. The number of nitrogens with zero attached hydrogens (tertiary/aromatic N) is 2. The highest BCUT2D eigenvalue weighted by atomic mass is 19.1. The second-order valence-electron chi connectivity index (χ2n) is 6.70. The van der Waals surface area contributed by atoms with Gasteiger partial charge < -0.3 is 5.73 Å². The minimum atomic E-state index is -0.557. The lowest BCUT2D eigenvalue weighted by molar-refractivity contribution is -0.116. The standard InChI is InChI=1S/C22H18FN3O/c23-15-11-9-14(10-12-15)20-17(13-24)22(25)26(16-5-2-1-3-6-16)18-7-4-8-19(27)21(18)20/h1-3,5-6,9-12,20H,4,7-8,25H2. The highest BCUT2D eigenvalue weighted by Crippen LogP contribution is 2.46.